The molecule has 0 atom stereocenters. The van der Waals surface area contributed by atoms with Crippen molar-refractivity contribution in [1.29, 1.82) is 0 Å². The lowest BCUT2D eigenvalue weighted by molar-refractivity contribution is 0.00578. The summed E-state index contributed by atoms with van der Waals surface area (Å²) in [6, 6.07) is 16.6. The molecule has 1 aliphatic heterocycles. The first-order chi connectivity index (χ1) is 12.8. The fraction of sp³-hybridized carbons (Fsp3) is 0.409. The zero-order valence-corrected chi connectivity index (χ0v) is 17.2. The van der Waals surface area contributed by atoms with Crippen LogP contribution >= 0.6 is 0 Å². The molecule has 1 aliphatic rings. The van der Waals surface area contributed by atoms with E-state index in [2.05, 4.69) is 69.3 Å². The fourth-order valence-corrected chi connectivity index (χ4v) is 3.07. The van der Waals surface area contributed by atoms with Crippen molar-refractivity contribution in [1.82, 2.24) is 9.78 Å². The van der Waals surface area contributed by atoms with E-state index in [-0.39, 0.29) is 18.3 Å². The zero-order chi connectivity index (χ0) is 19.7. The number of hydrogen-bond donors (Lipinski definition) is 0. The van der Waals surface area contributed by atoms with Crippen molar-refractivity contribution in [2.45, 2.75) is 59.3 Å². The first-order valence-electron chi connectivity index (χ1n) is 9.71. The third kappa shape index (κ3) is 3.94. The molecule has 5 heteroatoms. The van der Waals surface area contributed by atoms with Crippen LogP contribution < -0.4 is 5.46 Å². The minimum Gasteiger partial charge on any atom is -0.399 e. The highest BCUT2D eigenvalue weighted by Crippen LogP contribution is 2.36. The zero-order valence-electron chi connectivity index (χ0n) is 17.2. The summed E-state index contributed by atoms with van der Waals surface area (Å²) in [7, 11) is -0.341. The van der Waals surface area contributed by atoms with Gasteiger partial charge in [0.25, 0.3) is 0 Å². The summed E-state index contributed by atoms with van der Waals surface area (Å²) >= 11 is 0. The number of hydrogen-bond acceptors (Lipinski definition) is 3. The van der Waals surface area contributed by atoms with Gasteiger partial charge in [0.1, 0.15) is 0 Å². The number of nitrogens with zero attached hydrogens (tertiary/aromatic N) is 2. The van der Waals surface area contributed by atoms with Gasteiger partial charge < -0.3 is 9.31 Å². The van der Waals surface area contributed by atoms with Crippen LogP contribution in [0, 0.1) is 0 Å². The van der Waals surface area contributed by atoms with Crippen LogP contribution in [-0.4, -0.2) is 28.1 Å². The number of rotatable bonds is 3. The Kier molecular flexibility index (Phi) is 5.45. The lowest BCUT2D eigenvalue weighted by Gasteiger charge is -2.32. The van der Waals surface area contributed by atoms with Crippen molar-refractivity contribution < 1.29 is 9.31 Å². The van der Waals surface area contributed by atoms with E-state index in [9.17, 15) is 0 Å². The van der Waals surface area contributed by atoms with Crippen LogP contribution in [0.4, 0.5) is 0 Å². The maximum absolute atomic E-state index is 6.15. The highest BCUT2D eigenvalue weighted by atomic mass is 16.7. The first kappa shape index (κ1) is 19.7. The minimum atomic E-state index is -0.341. The maximum atomic E-state index is 6.15. The van der Waals surface area contributed by atoms with Crippen molar-refractivity contribution in [3.8, 4) is 0 Å². The Bertz CT molecular complexity index is 887. The van der Waals surface area contributed by atoms with E-state index in [1.54, 1.807) is 0 Å². The lowest BCUT2D eigenvalue weighted by Crippen LogP contribution is -2.41. The summed E-state index contributed by atoms with van der Waals surface area (Å²) in [6.07, 6.45) is 2.08. The van der Waals surface area contributed by atoms with Crippen LogP contribution in [0.25, 0.3) is 10.9 Å². The van der Waals surface area contributed by atoms with Crippen LogP contribution in [-0.2, 0) is 15.9 Å². The Morgan fingerprint density at radius 2 is 1.56 bits per heavy atom. The van der Waals surface area contributed by atoms with Gasteiger partial charge in [0, 0.05) is 11.6 Å². The van der Waals surface area contributed by atoms with Crippen molar-refractivity contribution in [3.63, 3.8) is 0 Å². The average molecular weight is 364 g/mol. The molecule has 0 aliphatic carbocycles. The molecule has 3 aromatic rings. The number of aromatic nitrogens is 2. The smallest absolute Gasteiger partial charge is 0.399 e. The highest BCUT2D eigenvalue weighted by molar-refractivity contribution is 6.62. The van der Waals surface area contributed by atoms with E-state index in [0.29, 0.717) is 0 Å². The van der Waals surface area contributed by atoms with Gasteiger partial charge in [0.05, 0.1) is 23.3 Å². The van der Waals surface area contributed by atoms with Gasteiger partial charge in [-0.05, 0) is 44.8 Å². The molecule has 0 radical (unpaired) electrons. The van der Waals surface area contributed by atoms with Gasteiger partial charge in [-0.15, -0.1) is 0 Å². The average Bonchev–Trinajstić information content (AvgIpc) is 3.13. The Balaban J connectivity index is 0.00000102. The molecule has 4 nitrogen and oxygen atoms in total. The van der Waals surface area contributed by atoms with E-state index in [1.807, 2.05) is 36.7 Å². The van der Waals surface area contributed by atoms with Crippen molar-refractivity contribution in [2.24, 2.45) is 0 Å². The molecule has 1 fully saturated rings. The molecule has 4 rings (SSSR count). The third-order valence-electron chi connectivity index (χ3n) is 5.29. The van der Waals surface area contributed by atoms with E-state index in [4.69, 9.17) is 9.31 Å². The molecule has 0 spiro atoms. The van der Waals surface area contributed by atoms with E-state index in [0.717, 1.165) is 22.9 Å². The molecule has 2 aromatic carbocycles. The van der Waals surface area contributed by atoms with Crippen LogP contribution in [0.1, 0.15) is 47.1 Å². The molecule has 1 saturated heterocycles. The standard InChI is InChI=1S/C20H23BN2O2.C2H6/c1-19(2)20(3,4)25-21(24-19)17-10-11-18-16(12-17)14-23(22-18)13-15-8-6-5-7-9-15;1-2/h5-12,14H,13H2,1-4H3;1-2H3. The SMILES string of the molecule is CC.CC1(C)OB(c2ccc3nn(Cc4ccccc4)cc3c2)OC1(C)C. The molecule has 2 heterocycles. The molecular formula is C22H29BN2O2. The fourth-order valence-electron chi connectivity index (χ4n) is 3.07. The molecule has 0 bridgehead atoms. The molecule has 0 unspecified atom stereocenters. The molecule has 0 amide bonds. The van der Waals surface area contributed by atoms with Crippen molar-refractivity contribution >= 4 is 23.5 Å². The predicted octanol–water partition coefficient (Wildman–Crippen LogP) is 4.41. The van der Waals surface area contributed by atoms with Crippen LogP contribution in [0.3, 0.4) is 0 Å². The summed E-state index contributed by atoms with van der Waals surface area (Å²) in [5.74, 6) is 0. The highest BCUT2D eigenvalue weighted by Gasteiger charge is 2.51. The topological polar surface area (TPSA) is 36.3 Å². The van der Waals surface area contributed by atoms with Crippen LogP contribution in [0.15, 0.2) is 54.7 Å². The van der Waals surface area contributed by atoms with E-state index in [1.165, 1.54) is 5.56 Å². The summed E-state index contributed by atoms with van der Waals surface area (Å²) < 4.78 is 14.3. The Morgan fingerprint density at radius 1 is 0.926 bits per heavy atom. The Morgan fingerprint density at radius 3 is 2.19 bits per heavy atom. The lowest BCUT2D eigenvalue weighted by atomic mass is 9.79. The van der Waals surface area contributed by atoms with Gasteiger partial charge in [-0.2, -0.15) is 5.10 Å². The molecule has 27 heavy (non-hydrogen) atoms. The second-order valence-corrected chi connectivity index (χ2v) is 7.72. The van der Waals surface area contributed by atoms with Gasteiger partial charge in [0.2, 0.25) is 0 Å². The molecule has 1 aromatic heterocycles. The largest absolute Gasteiger partial charge is 0.494 e. The van der Waals surface area contributed by atoms with Gasteiger partial charge in [-0.3, -0.25) is 4.68 Å². The van der Waals surface area contributed by atoms with Crippen molar-refractivity contribution in [3.05, 3.63) is 60.3 Å². The van der Waals surface area contributed by atoms with E-state index < -0.39 is 0 Å². The van der Waals surface area contributed by atoms with Gasteiger partial charge in [-0.1, -0.05) is 56.3 Å². The number of benzene rings is 2. The molecule has 0 saturated carbocycles. The minimum absolute atomic E-state index is 0.329. The molecular weight excluding hydrogens is 335 g/mol. The number of fused-ring (bicyclic) bond motifs is 1. The monoisotopic (exact) mass is 364 g/mol. The Hall–Kier alpha value is -2.11. The van der Waals surface area contributed by atoms with Gasteiger partial charge in [0.15, 0.2) is 0 Å². The second-order valence-electron chi connectivity index (χ2n) is 7.72. The van der Waals surface area contributed by atoms with Crippen LogP contribution in [0.2, 0.25) is 0 Å². The van der Waals surface area contributed by atoms with Gasteiger partial charge in [-0.25, -0.2) is 0 Å². The van der Waals surface area contributed by atoms with E-state index >= 15 is 0 Å². The first-order valence-corrected chi connectivity index (χ1v) is 9.71. The van der Waals surface area contributed by atoms with Gasteiger partial charge >= 0.3 is 7.12 Å². The second kappa shape index (κ2) is 7.49. The van der Waals surface area contributed by atoms with Crippen molar-refractivity contribution in [2.75, 3.05) is 0 Å². The summed E-state index contributed by atoms with van der Waals surface area (Å²) in [6.45, 7) is 13.1. The summed E-state index contributed by atoms with van der Waals surface area (Å²) in [4.78, 5) is 0. The predicted molar refractivity (Wildman–Crippen MR) is 112 cm³/mol. The normalized spacial score (nSPS) is 17.6. The maximum Gasteiger partial charge on any atom is 0.494 e. The summed E-state index contributed by atoms with van der Waals surface area (Å²) in [5.41, 5.74) is 2.59. The summed E-state index contributed by atoms with van der Waals surface area (Å²) in [5, 5.41) is 5.77. The third-order valence-corrected chi connectivity index (χ3v) is 5.29. The molecule has 142 valence electrons. The Labute approximate surface area is 162 Å². The molecule has 0 N–H and O–H groups in total. The quantitative estimate of drug-likeness (QED) is 0.646. The van der Waals surface area contributed by atoms with Crippen LogP contribution in [0.5, 0.6) is 0 Å².